The van der Waals surface area contributed by atoms with E-state index in [0.717, 1.165) is 61.3 Å². The summed E-state index contributed by atoms with van der Waals surface area (Å²) in [7, 11) is 2.21. The van der Waals surface area contributed by atoms with Gasteiger partial charge in [0.2, 0.25) is 5.91 Å². The Hall–Kier alpha value is -4.90. The fraction of sp³-hybridized carbons (Fsp3) is 0.529. The van der Waals surface area contributed by atoms with E-state index in [9.17, 15) is 44.3 Å². The van der Waals surface area contributed by atoms with E-state index in [1.807, 2.05) is 49.1 Å². The molecule has 14 nitrogen and oxygen atoms in total. The number of piperazine rings is 1. The molecule has 0 spiro atoms. The first-order valence-corrected chi connectivity index (χ1v) is 17.4. The SMILES string of the molecule is Cc1cc(C)n(-c2nc(-c3ccc(Cl)cc3)c(CCC(=O)N3CCN(CC4CCN(C)CC4)CC3)o2)n1.O=C(O)C(F)(F)F.O=C(O)C(F)(F)F.O=C(O)C(F)(F)F. The van der Waals surface area contributed by atoms with Crippen molar-refractivity contribution in [1.29, 1.82) is 0 Å². The van der Waals surface area contributed by atoms with Gasteiger partial charge in [0, 0.05) is 61.8 Å². The molecule has 0 bridgehead atoms. The van der Waals surface area contributed by atoms with Gasteiger partial charge in [-0.3, -0.25) is 9.69 Å². The molecule has 2 aliphatic rings. The van der Waals surface area contributed by atoms with Crippen molar-refractivity contribution >= 4 is 35.4 Å². The molecular formula is C34H40ClF9N6O8. The van der Waals surface area contributed by atoms with Gasteiger partial charge in [0.25, 0.3) is 0 Å². The molecule has 324 valence electrons. The van der Waals surface area contributed by atoms with Gasteiger partial charge in [0.15, 0.2) is 0 Å². The molecule has 0 radical (unpaired) electrons. The number of carbonyl (C=O) groups excluding carboxylic acids is 1. The molecule has 0 unspecified atom stereocenters. The summed E-state index contributed by atoms with van der Waals surface area (Å²) < 4.78 is 103. The van der Waals surface area contributed by atoms with Crippen LogP contribution in [0.15, 0.2) is 34.7 Å². The molecule has 1 amide bonds. The van der Waals surface area contributed by atoms with E-state index in [1.165, 1.54) is 25.9 Å². The highest BCUT2D eigenvalue weighted by atomic mass is 35.5. The van der Waals surface area contributed by atoms with Crippen LogP contribution in [-0.4, -0.2) is 140 Å². The lowest BCUT2D eigenvalue weighted by atomic mass is 9.96. The first kappa shape index (κ1) is 49.2. The minimum Gasteiger partial charge on any atom is -0.475 e. The third-order valence-corrected chi connectivity index (χ3v) is 8.62. The largest absolute Gasteiger partial charge is 0.490 e. The van der Waals surface area contributed by atoms with Crippen molar-refractivity contribution in [3.63, 3.8) is 0 Å². The maximum Gasteiger partial charge on any atom is 0.490 e. The molecule has 3 aromatic rings. The number of halogens is 10. The van der Waals surface area contributed by atoms with Crippen molar-refractivity contribution in [2.75, 3.05) is 52.9 Å². The molecule has 24 heteroatoms. The molecule has 2 aromatic heterocycles. The summed E-state index contributed by atoms with van der Waals surface area (Å²) in [6.07, 6.45) is -11.8. The van der Waals surface area contributed by atoms with Gasteiger partial charge in [-0.05, 0) is 70.9 Å². The van der Waals surface area contributed by atoms with Crippen molar-refractivity contribution in [2.24, 2.45) is 5.92 Å². The van der Waals surface area contributed by atoms with Crippen LogP contribution in [0, 0.1) is 19.8 Å². The van der Waals surface area contributed by atoms with Crippen LogP contribution >= 0.6 is 11.6 Å². The average Bonchev–Trinajstić information content (AvgIpc) is 3.70. The number of benzene rings is 1. The molecule has 0 aliphatic carbocycles. The predicted molar refractivity (Wildman–Crippen MR) is 186 cm³/mol. The molecule has 0 atom stereocenters. The highest BCUT2D eigenvalue weighted by molar-refractivity contribution is 6.30. The Morgan fingerprint density at radius 3 is 1.67 bits per heavy atom. The lowest BCUT2D eigenvalue weighted by molar-refractivity contribution is -0.193. The van der Waals surface area contributed by atoms with E-state index in [-0.39, 0.29) is 5.91 Å². The monoisotopic (exact) mass is 866 g/mol. The summed E-state index contributed by atoms with van der Waals surface area (Å²) in [5.41, 5.74) is 3.48. The number of carbonyl (C=O) groups is 4. The second-order valence-corrected chi connectivity index (χ2v) is 13.4. The zero-order valence-corrected chi connectivity index (χ0v) is 31.8. The van der Waals surface area contributed by atoms with Crippen LogP contribution in [0.25, 0.3) is 17.3 Å². The zero-order chi connectivity index (χ0) is 44.2. The Kier molecular flexibility index (Phi) is 18.0. The number of aromatic nitrogens is 3. The number of alkyl halides is 9. The summed E-state index contributed by atoms with van der Waals surface area (Å²) in [6.45, 7) is 11.0. The fourth-order valence-corrected chi connectivity index (χ4v) is 5.55. The zero-order valence-electron chi connectivity index (χ0n) is 31.1. The van der Waals surface area contributed by atoms with E-state index < -0.39 is 36.4 Å². The maximum absolute atomic E-state index is 13.1. The second-order valence-electron chi connectivity index (χ2n) is 13.0. The molecule has 2 fully saturated rings. The minimum absolute atomic E-state index is 0.171. The molecule has 1 aromatic carbocycles. The Bertz CT molecular complexity index is 1760. The lowest BCUT2D eigenvalue weighted by Gasteiger charge is -2.38. The van der Waals surface area contributed by atoms with Crippen LogP contribution in [0.1, 0.15) is 36.4 Å². The van der Waals surface area contributed by atoms with Crippen LogP contribution in [0.3, 0.4) is 0 Å². The first-order valence-electron chi connectivity index (χ1n) is 17.1. The molecule has 2 saturated heterocycles. The van der Waals surface area contributed by atoms with E-state index in [2.05, 4.69) is 21.9 Å². The van der Waals surface area contributed by atoms with Gasteiger partial charge in [-0.15, -0.1) is 0 Å². The van der Waals surface area contributed by atoms with Gasteiger partial charge in [-0.2, -0.15) is 54.3 Å². The van der Waals surface area contributed by atoms with Gasteiger partial charge in [-0.1, -0.05) is 23.7 Å². The standard InChI is InChI=1S/C28H37ClN6O2.3C2HF3O2/c1-20-18-21(2)35(31-20)28-30-27(23-4-6-24(29)7-5-23)25(37-28)8-9-26(36)34-16-14-33(15-17-34)19-22-10-12-32(3)13-11-22;3*3-2(4,5)1(6)7/h4-7,18,22H,8-17,19H2,1-3H3;3*(H,6,7). The number of aliphatic carboxylic acids is 3. The van der Waals surface area contributed by atoms with Gasteiger partial charge < -0.3 is 29.5 Å². The fourth-order valence-electron chi connectivity index (χ4n) is 5.42. The summed E-state index contributed by atoms with van der Waals surface area (Å²) in [6, 6.07) is 9.95. The number of piperidine rings is 1. The van der Waals surface area contributed by atoms with Crippen molar-refractivity contribution < 1.29 is 78.4 Å². The van der Waals surface area contributed by atoms with Crippen LogP contribution in [0.5, 0.6) is 0 Å². The predicted octanol–water partition coefficient (Wildman–Crippen LogP) is 6.12. The minimum atomic E-state index is -5.08. The molecular weight excluding hydrogens is 827 g/mol. The Balaban J connectivity index is 0.000000453. The lowest BCUT2D eigenvalue weighted by Crippen LogP contribution is -2.50. The Labute approximate surface area is 329 Å². The first-order chi connectivity index (χ1) is 26.7. The van der Waals surface area contributed by atoms with Crippen molar-refractivity contribution in [1.82, 2.24) is 29.5 Å². The molecule has 0 saturated carbocycles. The van der Waals surface area contributed by atoms with Crippen molar-refractivity contribution in [3.05, 3.63) is 52.5 Å². The number of nitrogens with zero attached hydrogens (tertiary/aromatic N) is 6. The molecule has 3 N–H and O–H groups in total. The maximum atomic E-state index is 13.1. The highest BCUT2D eigenvalue weighted by Gasteiger charge is 2.39. The summed E-state index contributed by atoms with van der Waals surface area (Å²) in [5.74, 6) is -6.62. The number of amides is 1. The number of aryl methyl sites for hydroxylation is 3. The number of rotatable bonds is 7. The molecule has 58 heavy (non-hydrogen) atoms. The van der Waals surface area contributed by atoms with E-state index in [0.29, 0.717) is 29.6 Å². The summed E-state index contributed by atoms with van der Waals surface area (Å²) >= 11 is 6.11. The molecule has 4 heterocycles. The van der Waals surface area contributed by atoms with Crippen LogP contribution in [-0.2, 0) is 25.6 Å². The number of carboxylic acids is 3. The molecule has 2 aliphatic heterocycles. The topological polar surface area (TPSA) is 183 Å². The van der Waals surface area contributed by atoms with E-state index in [1.54, 1.807) is 4.68 Å². The van der Waals surface area contributed by atoms with Crippen LogP contribution in [0.2, 0.25) is 5.02 Å². The third kappa shape index (κ3) is 16.5. The number of hydrogen-bond acceptors (Lipinski definition) is 9. The third-order valence-electron chi connectivity index (χ3n) is 8.37. The summed E-state index contributed by atoms with van der Waals surface area (Å²) in [5, 5.41) is 26.6. The smallest absolute Gasteiger partial charge is 0.475 e. The Morgan fingerprint density at radius 1 is 0.793 bits per heavy atom. The van der Waals surface area contributed by atoms with Gasteiger partial charge in [0.05, 0.1) is 5.69 Å². The number of likely N-dealkylation sites (tertiary alicyclic amines) is 1. The quantitative estimate of drug-likeness (QED) is 0.232. The van der Waals surface area contributed by atoms with E-state index >= 15 is 0 Å². The van der Waals surface area contributed by atoms with Gasteiger partial charge in [-0.25, -0.2) is 14.4 Å². The number of oxazole rings is 1. The van der Waals surface area contributed by atoms with Crippen molar-refractivity contribution in [2.45, 2.75) is 58.1 Å². The highest BCUT2D eigenvalue weighted by Crippen LogP contribution is 2.29. The van der Waals surface area contributed by atoms with Crippen molar-refractivity contribution in [3.8, 4) is 17.3 Å². The van der Waals surface area contributed by atoms with Crippen LogP contribution in [0.4, 0.5) is 39.5 Å². The van der Waals surface area contributed by atoms with E-state index in [4.69, 9.17) is 50.7 Å². The summed E-state index contributed by atoms with van der Waals surface area (Å²) in [4.78, 5) is 51.6. The van der Waals surface area contributed by atoms with Gasteiger partial charge >= 0.3 is 42.5 Å². The molecule has 5 rings (SSSR count). The second kappa shape index (κ2) is 21.2. The average molecular weight is 867 g/mol. The van der Waals surface area contributed by atoms with Gasteiger partial charge in [0.1, 0.15) is 11.5 Å². The number of carboxylic acid groups (broad SMARTS) is 3. The van der Waals surface area contributed by atoms with Crippen LogP contribution < -0.4 is 0 Å². The normalized spacial score (nSPS) is 15.6. The Morgan fingerprint density at radius 2 is 1.26 bits per heavy atom. The number of hydrogen-bond donors (Lipinski definition) is 3.